The monoisotopic (exact) mass is 386 g/mol. The molecule has 1 aliphatic heterocycles. The Balaban J connectivity index is 1.85. The molecule has 0 aromatic heterocycles. The molecular formula is C18H15BrN2O3. The first-order valence-electron chi connectivity index (χ1n) is 7.40. The van der Waals surface area contributed by atoms with Crippen molar-refractivity contribution in [1.82, 2.24) is 10.2 Å². The van der Waals surface area contributed by atoms with Gasteiger partial charge in [-0.25, -0.2) is 4.79 Å². The van der Waals surface area contributed by atoms with Crippen LogP contribution in [0.4, 0.5) is 4.79 Å². The Kier molecular flexibility index (Phi) is 4.24. The number of rotatable bonds is 4. The quantitative estimate of drug-likeness (QED) is 0.648. The van der Waals surface area contributed by atoms with Crippen LogP contribution in [0.3, 0.4) is 0 Å². The van der Waals surface area contributed by atoms with Gasteiger partial charge in [-0.15, -0.1) is 0 Å². The molecule has 0 radical (unpaired) electrons. The number of amides is 3. The number of hydrogen-bond acceptors (Lipinski definition) is 3. The molecule has 1 N–H and O–H groups in total. The van der Waals surface area contributed by atoms with Crippen molar-refractivity contribution in [2.75, 3.05) is 6.54 Å². The molecule has 122 valence electrons. The summed E-state index contributed by atoms with van der Waals surface area (Å²) in [5.74, 6) is -0.715. The molecule has 2 aromatic rings. The smallest absolute Gasteiger partial charge is 0.319 e. The molecular weight excluding hydrogens is 372 g/mol. The Bertz CT molecular complexity index is 822. The molecule has 0 unspecified atom stereocenters. The number of halogens is 1. The molecule has 24 heavy (non-hydrogen) atoms. The number of benzene rings is 2. The van der Waals surface area contributed by atoms with Crippen LogP contribution in [0.5, 0.6) is 0 Å². The van der Waals surface area contributed by atoms with Crippen molar-refractivity contribution >= 4 is 33.7 Å². The van der Waals surface area contributed by atoms with E-state index >= 15 is 0 Å². The van der Waals surface area contributed by atoms with Gasteiger partial charge in [-0.1, -0.05) is 58.4 Å². The molecule has 5 nitrogen and oxygen atoms in total. The Hall–Kier alpha value is -2.47. The van der Waals surface area contributed by atoms with E-state index in [1.807, 2.05) is 6.07 Å². The molecule has 0 aliphatic carbocycles. The third kappa shape index (κ3) is 2.85. The van der Waals surface area contributed by atoms with E-state index in [-0.39, 0.29) is 12.3 Å². The average Bonchev–Trinajstić information content (AvgIpc) is 2.80. The highest BCUT2D eigenvalue weighted by Crippen LogP contribution is 2.30. The summed E-state index contributed by atoms with van der Waals surface area (Å²) in [5, 5.41) is 2.69. The van der Waals surface area contributed by atoms with Gasteiger partial charge in [-0.3, -0.25) is 14.5 Å². The van der Waals surface area contributed by atoms with Crippen LogP contribution in [0, 0.1) is 0 Å². The highest BCUT2D eigenvalue weighted by Gasteiger charge is 2.49. The largest absolute Gasteiger partial charge is 0.325 e. The van der Waals surface area contributed by atoms with Gasteiger partial charge in [0.25, 0.3) is 5.91 Å². The van der Waals surface area contributed by atoms with E-state index < -0.39 is 17.5 Å². The fraction of sp³-hybridized carbons (Fsp3) is 0.167. The predicted molar refractivity (Wildman–Crippen MR) is 92.5 cm³/mol. The maximum Gasteiger partial charge on any atom is 0.325 e. The Morgan fingerprint density at radius 1 is 1.12 bits per heavy atom. The SMILES string of the molecule is C[C@@]1(c2cccc(Br)c2)NC(=O)N(CC(=O)c2ccccc2)C1=O. The molecule has 1 atom stereocenters. The highest BCUT2D eigenvalue weighted by molar-refractivity contribution is 9.10. The molecule has 1 saturated heterocycles. The zero-order chi connectivity index (χ0) is 17.3. The maximum absolute atomic E-state index is 12.8. The van der Waals surface area contributed by atoms with Crippen LogP contribution < -0.4 is 5.32 Å². The van der Waals surface area contributed by atoms with Crippen molar-refractivity contribution in [3.63, 3.8) is 0 Å². The van der Waals surface area contributed by atoms with E-state index in [9.17, 15) is 14.4 Å². The molecule has 0 saturated carbocycles. The number of ketones is 1. The minimum absolute atomic E-state index is 0.279. The third-order valence-electron chi connectivity index (χ3n) is 4.07. The number of carbonyl (C=O) groups excluding carboxylic acids is 3. The lowest BCUT2D eigenvalue weighted by Gasteiger charge is -2.22. The maximum atomic E-state index is 12.8. The number of imide groups is 1. The number of urea groups is 1. The van der Waals surface area contributed by atoms with Crippen LogP contribution in [-0.2, 0) is 10.3 Å². The number of carbonyl (C=O) groups is 3. The second-order valence-electron chi connectivity index (χ2n) is 5.75. The number of hydrogen-bond donors (Lipinski definition) is 1. The zero-order valence-corrected chi connectivity index (χ0v) is 14.5. The number of Topliss-reactive ketones (excluding diaryl/α,β-unsaturated/α-hetero) is 1. The van der Waals surface area contributed by atoms with E-state index in [2.05, 4.69) is 21.2 Å². The standard InChI is InChI=1S/C18H15BrN2O3/c1-18(13-8-5-9-14(19)10-13)16(23)21(17(24)20-18)11-15(22)12-6-3-2-4-7-12/h2-10H,11H2,1H3,(H,20,24)/t18-/m0/s1. The Morgan fingerprint density at radius 2 is 1.83 bits per heavy atom. The van der Waals surface area contributed by atoms with Crippen LogP contribution in [-0.4, -0.2) is 29.2 Å². The van der Waals surface area contributed by atoms with Gasteiger partial charge in [-0.2, -0.15) is 0 Å². The molecule has 6 heteroatoms. The van der Waals surface area contributed by atoms with Crippen molar-refractivity contribution in [1.29, 1.82) is 0 Å². The van der Waals surface area contributed by atoms with E-state index in [0.717, 1.165) is 9.37 Å². The summed E-state index contributed by atoms with van der Waals surface area (Å²) in [6.07, 6.45) is 0. The summed E-state index contributed by atoms with van der Waals surface area (Å²) < 4.78 is 0.807. The van der Waals surface area contributed by atoms with Crippen molar-refractivity contribution in [3.8, 4) is 0 Å². The van der Waals surface area contributed by atoms with Gasteiger partial charge in [0.15, 0.2) is 5.78 Å². The Morgan fingerprint density at radius 3 is 2.50 bits per heavy atom. The minimum atomic E-state index is -1.18. The highest BCUT2D eigenvalue weighted by atomic mass is 79.9. The van der Waals surface area contributed by atoms with Crippen LogP contribution in [0.15, 0.2) is 59.1 Å². The van der Waals surface area contributed by atoms with Gasteiger partial charge in [0, 0.05) is 10.0 Å². The molecule has 2 aromatic carbocycles. The summed E-state index contributed by atoms with van der Waals surface area (Å²) >= 11 is 3.36. The summed E-state index contributed by atoms with van der Waals surface area (Å²) in [4.78, 5) is 38.3. The second-order valence-corrected chi connectivity index (χ2v) is 6.66. The number of nitrogens with one attached hydrogen (secondary N) is 1. The number of nitrogens with zero attached hydrogens (tertiary/aromatic N) is 1. The molecule has 1 heterocycles. The predicted octanol–water partition coefficient (Wildman–Crippen LogP) is 3.10. The fourth-order valence-electron chi connectivity index (χ4n) is 2.69. The van der Waals surface area contributed by atoms with Gasteiger partial charge in [0.1, 0.15) is 5.54 Å². The van der Waals surface area contributed by atoms with Crippen LogP contribution in [0.1, 0.15) is 22.8 Å². The molecule has 0 bridgehead atoms. The molecule has 0 spiro atoms. The Labute approximate surface area is 147 Å². The van der Waals surface area contributed by atoms with Crippen LogP contribution in [0.2, 0.25) is 0 Å². The van der Waals surface area contributed by atoms with Gasteiger partial charge in [0.2, 0.25) is 0 Å². The van der Waals surface area contributed by atoms with Gasteiger partial charge >= 0.3 is 6.03 Å². The second kappa shape index (κ2) is 6.20. The van der Waals surface area contributed by atoms with Crippen molar-refractivity contribution in [2.24, 2.45) is 0 Å². The van der Waals surface area contributed by atoms with Gasteiger partial charge in [-0.05, 0) is 24.6 Å². The van der Waals surface area contributed by atoms with Crippen molar-refractivity contribution in [2.45, 2.75) is 12.5 Å². The van der Waals surface area contributed by atoms with E-state index in [0.29, 0.717) is 11.1 Å². The van der Waals surface area contributed by atoms with Gasteiger partial charge in [0.05, 0.1) is 6.54 Å². The molecule has 3 rings (SSSR count). The molecule has 3 amide bonds. The van der Waals surface area contributed by atoms with Crippen LogP contribution >= 0.6 is 15.9 Å². The summed E-state index contributed by atoms with van der Waals surface area (Å²) in [7, 11) is 0. The average molecular weight is 387 g/mol. The summed E-state index contributed by atoms with van der Waals surface area (Å²) in [6.45, 7) is 1.36. The zero-order valence-electron chi connectivity index (χ0n) is 13.0. The first kappa shape index (κ1) is 16.4. The lowest BCUT2D eigenvalue weighted by molar-refractivity contribution is -0.130. The van der Waals surface area contributed by atoms with Gasteiger partial charge < -0.3 is 5.32 Å². The minimum Gasteiger partial charge on any atom is -0.319 e. The van der Waals surface area contributed by atoms with E-state index in [1.165, 1.54) is 0 Å². The van der Waals surface area contributed by atoms with E-state index in [4.69, 9.17) is 0 Å². The molecule has 1 fully saturated rings. The van der Waals surface area contributed by atoms with Crippen molar-refractivity contribution < 1.29 is 14.4 Å². The van der Waals surface area contributed by atoms with E-state index in [1.54, 1.807) is 55.5 Å². The lowest BCUT2D eigenvalue weighted by atomic mass is 9.92. The lowest BCUT2D eigenvalue weighted by Crippen LogP contribution is -2.41. The normalized spacial score (nSPS) is 20.2. The summed E-state index contributed by atoms with van der Waals surface area (Å²) in [6, 6.07) is 15.2. The summed E-state index contributed by atoms with van der Waals surface area (Å²) in [5.41, 5.74) is -0.0586. The first-order chi connectivity index (χ1) is 11.4. The third-order valence-corrected chi connectivity index (χ3v) is 4.57. The van der Waals surface area contributed by atoms with Crippen molar-refractivity contribution in [3.05, 3.63) is 70.2 Å². The first-order valence-corrected chi connectivity index (χ1v) is 8.19. The fourth-order valence-corrected chi connectivity index (χ4v) is 3.09. The topological polar surface area (TPSA) is 66.5 Å². The van der Waals surface area contributed by atoms with Crippen LogP contribution in [0.25, 0.3) is 0 Å². The molecule has 1 aliphatic rings.